The van der Waals surface area contributed by atoms with Crippen LogP contribution in [0.2, 0.25) is 0 Å². The van der Waals surface area contributed by atoms with Gasteiger partial charge in [-0.2, -0.15) is 0 Å². The summed E-state index contributed by atoms with van der Waals surface area (Å²) in [5.41, 5.74) is 2.30. The van der Waals surface area contributed by atoms with Crippen molar-refractivity contribution in [1.29, 1.82) is 0 Å². The van der Waals surface area contributed by atoms with Crippen molar-refractivity contribution >= 4 is 22.7 Å². The Morgan fingerprint density at radius 1 is 0.422 bits per heavy atom. The summed E-state index contributed by atoms with van der Waals surface area (Å²) >= 11 is 0. The molecule has 0 radical (unpaired) electrons. The lowest BCUT2D eigenvalue weighted by Crippen LogP contribution is -2.12. The molecule has 232 valence electrons. The van der Waals surface area contributed by atoms with Crippen LogP contribution in [-0.2, 0) is 9.47 Å². The molecule has 0 bridgehead atoms. The van der Waals surface area contributed by atoms with E-state index in [1.54, 1.807) is 36.4 Å². The molecule has 0 fully saturated rings. The molecule has 12 heteroatoms. The SMILES string of the molecule is c1ccc2c(c1)N=Nc1ccc(OCOc3ccc4c(c3)OCCOCCOc3ccccc3N=N4)cc1OCCOCCO2. The fourth-order valence-electron chi connectivity index (χ4n) is 4.32. The van der Waals surface area contributed by atoms with Gasteiger partial charge in [-0.05, 0) is 48.5 Å². The van der Waals surface area contributed by atoms with Crippen molar-refractivity contribution in [2.24, 2.45) is 20.5 Å². The Morgan fingerprint density at radius 2 is 0.800 bits per heavy atom. The van der Waals surface area contributed by atoms with Crippen molar-refractivity contribution in [2.45, 2.75) is 0 Å². The predicted octanol–water partition coefficient (Wildman–Crippen LogP) is 7.51. The Kier molecular flexibility index (Phi) is 10.3. The van der Waals surface area contributed by atoms with Crippen molar-refractivity contribution in [3.05, 3.63) is 84.9 Å². The molecule has 4 aromatic rings. The second kappa shape index (κ2) is 15.5. The average molecular weight is 613 g/mol. The van der Waals surface area contributed by atoms with Crippen LogP contribution in [0.25, 0.3) is 0 Å². The van der Waals surface area contributed by atoms with E-state index >= 15 is 0 Å². The van der Waals surface area contributed by atoms with Crippen LogP contribution in [-0.4, -0.2) is 59.6 Å². The van der Waals surface area contributed by atoms with Crippen LogP contribution in [0.3, 0.4) is 0 Å². The van der Waals surface area contributed by atoms with Gasteiger partial charge in [-0.15, -0.1) is 20.5 Å². The molecule has 12 nitrogen and oxygen atoms in total. The second-order valence-corrected chi connectivity index (χ2v) is 9.62. The number of hydrogen-bond donors (Lipinski definition) is 0. The normalized spacial score (nSPS) is 15.3. The molecule has 0 saturated heterocycles. The van der Waals surface area contributed by atoms with Gasteiger partial charge in [0.25, 0.3) is 0 Å². The molecule has 0 atom stereocenters. The van der Waals surface area contributed by atoms with E-state index in [0.29, 0.717) is 110 Å². The lowest BCUT2D eigenvalue weighted by atomic mass is 10.3. The summed E-state index contributed by atoms with van der Waals surface area (Å²) < 4.78 is 46.5. The molecule has 6 rings (SSSR count). The molecule has 0 N–H and O–H groups in total. The van der Waals surface area contributed by atoms with Gasteiger partial charge in [0.15, 0.2) is 11.5 Å². The summed E-state index contributed by atoms with van der Waals surface area (Å²) in [5.74, 6) is 3.33. The van der Waals surface area contributed by atoms with Gasteiger partial charge in [0.05, 0.1) is 26.4 Å². The van der Waals surface area contributed by atoms with Gasteiger partial charge in [-0.1, -0.05) is 24.3 Å². The van der Waals surface area contributed by atoms with Gasteiger partial charge in [-0.25, -0.2) is 0 Å². The zero-order chi connectivity index (χ0) is 30.5. The van der Waals surface area contributed by atoms with Crippen molar-refractivity contribution in [3.63, 3.8) is 0 Å². The number of rotatable bonds is 4. The third-order valence-electron chi connectivity index (χ3n) is 6.52. The lowest BCUT2D eigenvalue weighted by molar-refractivity contribution is 0.0763. The van der Waals surface area contributed by atoms with Crippen molar-refractivity contribution in [1.82, 2.24) is 0 Å². The highest BCUT2D eigenvalue weighted by molar-refractivity contribution is 5.58. The van der Waals surface area contributed by atoms with E-state index in [9.17, 15) is 0 Å². The molecule has 0 aromatic heterocycles. The maximum atomic E-state index is 5.95. The molecular formula is C33H32N4O8. The summed E-state index contributed by atoms with van der Waals surface area (Å²) in [7, 11) is 0. The topological polar surface area (TPSA) is 123 Å². The Hall–Kier alpha value is -5.20. The monoisotopic (exact) mass is 612 g/mol. The Labute approximate surface area is 260 Å². The molecular weight excluding hydrogens is 580 g/mol. The average Bonchev–Trinajstić information content (AvgIpc) is 3.10. The van der Waals surface area contributed by atoms with Gasteiger partial charge in [0.2, 0.25) is 6.79 Å². The summed E-state index contributed by atoms with van der Waals surface area (Å²) in [6.45, 7) is 3.02. The minimum atomic E-state index is -0.0672. The van der Waals surface area contributed by atoms with E-state index < -0.39 is 0 Å². The van der Waals surface area contributed by atoms with Crippen LogP contribution >= 0.6 is 0 Å². The molecule has 0 amide bonds. The largest absolute Gasteiger partial charge is 0.489 e. The molecule has 0 aliphatic carbocycles. The van der Waals surface area contributed by atoms with E-state index in [1.807, 2.05) is 48.5 Å². The minimum absolute atomic E-state index is 0.0672. The molecule has 2 heterocycles. The van der Waals surface area contributed by atoms with E-state index in [-0.39, 0.29) is 6.79 Å². The Balaban J connectivity index is 1.14. The van der Waals surface area contributed by atoms with Crippen LogP contribution in [0, 0.1) is 0 Å². The number of fused-ring (bicyclic) bond motifs is 4. The number of ether oxygens (including phenoxy) is 8. The van der Waals surface area contributed by atoms with Crippen LogP contribution in [0.5, 0.6) is 34.5 Å². The highest BCUT2D eigenvalue weighted by atomic mass is 16.7. The van der Waals surface area contributed by atoms with E-state index in [2.05, 4.69) is 20.5 Å². The summed E-state index contributed by atoms with van der Waals surface area (Å²) in [5, 5.41) is 17.6. The van der Waals surface area contributed by atoms with Crippen LogP contribution in [0.15, 0.2) is 105 Å². The van der Waals surface area contributed by atoms with Gasteiger partial charge in [0, 0.05) is 12.1 Å². The third-order valence-corrected chi connectivity index (χ3v) is 6.52. The summed E-state index contributed by atoms with van der Waals surface area (Å²) in [4.78, 5) is 0. The van der Waals surface area contributed by atoms with Crippen molar-refractivity contribution in [3.8, 4) is 34.5 Å². The van der Waals surface area contributed by atoms with Crippen molar-refractivity contribution < 1.29 is 37.9 Å². The summed E-state index contributed by atoms with van der Waals surface area (Å²) in [6, 6.07) is 25.5. The third kappa shape index (κ3) is 8.46. The van der Waals surface area contributed by atoms with Gasteiger partial charge < -0.3 is 37.9 Å². The van der Waals surface area contributed by atoms with E-state index in [4.69, 9.17) is 37.9 Å². The Bertz CT molecular complexity index is 1510. The quantitative estimate of drug-likeness (QED) is 0.217. The van der Waals surface area contributed by atoms with Crippen LogP contribution in [0.1, 0.15) is 0 Å². The number of para-hydroxylation sites is 2. The molecule has 45 heavy (non-hydrogen) atoms. The van der Waals surface area contributed by atoms with Crippen LogP contribution < -0.4 is 28.4 Å². The van der Waals surface area contributed by atoms with Crippen LogP contribution in [0.4, 0.5) is 22.7 Å². The highest BCUT2D eigenvalue weighted by Gasteiger charge is 2.12. The lowest BCUT2D eigenvalue weighted by Gasteiger charge is -2.13. The number of azo groups is 2. The predicted molar refractivity (Wildman–Crippen MR) is 164 cm³/mol. The van der Waals surface area contributed by atoms with Crippen molar-refractivity contribution in [2.75, 3.05) is 59.6 Å². The number of nitrogens with zero attached hydrogens (tertiary/aromatic N) is 4. The molecule has 0 saturated carbocycles. The zero-order valence-corrected chi connectivity index (χ0v) is 24.5. The fourth-order valence-corrected chi connectivity index (χ4v) is 4.32. The summed E-state index contributed by atoms with van der Waals surface area (Å²) in [6.07, 6.45) is 0. The molecule has 2 aliphatic heterocycles. The minimum Gasteiger partial charge on any atom is -0.489 e. The molecule has 2 aliphatic rings. The maximum Gasteiger partial charge on any atom is 0.230 e. The number of hydrogen-bond acceptors (Lipinski definition) is 12. The Morgan fingerprint density at radius 3 is 1.24 bits per heavy atom. The first kappa shape index (κ1) is 29.9. The van der Waals surface area contributed by atoms with Gasteiger partial charge in [0.1, 0.15) is 72.2 Å². The molecule has 0 spiro atoms. The standard InChI is InChI=1S/C33H32N4O8/c1-3-7-30-26(5-1)34-36-28-11-9-24(21-32(28)42-19-15-38-13-17-40-30)44-23-45-25-10-12-29-33(22-25)43-20-16-39-14-18-41-31-8-4-2-6-27(31)35-37-29/h1-12,21-22H,13-20,23H2. The highest BCUT2D eigenvalue weighted by Crippen LogP contribution is 2.37. The smallest absolute Gasteiger partial charge is 0.230 e. The fraction of sp³-hybridized carbons (Fsp3) is 0.273. The molecule has 4 aromatic carbocycles. The molecule has 0 unspecified atom stereocenters. The zero-order valence-electron chi connectivity index (χ0n) is 24.5. The first-order chi connectivity index (χ1) is 22.3. The number of benzene rings is 4. The first-order valence-electron chi connectivity index (χ1n) is 14.5. The van der Waals surface area contributed by atoms with E-state index in [1.165, 1.54) is 0 Å². The first-order valence-corrected chi connectivity index (χ1v) is 14.5. The van der Waals surface area contributed by atoms with E-state index in [0.717, 1.165) is 0 Å². The maximum absolute atomic E-state index is 5.95. The van der Waals surface area contributed by atoms with Gasteiger partial charge >= 0.3 is 0 Å². The second-order valence-electron chi connectivity index (χ2n) is 9.62. The van der Waals surface area contributed by atoms with Gasteiger partial charge in [-0.3, -0.25) is 0 Å².